The lowest BCUT2D eigenvalue weighted by Crippen LogP contribution is -2.21. The normalized spacial score (nSPS) is 15.7. The topological polar surface area (TPSA) is 38.7 Å². The molecule has 0 bridgehead atoms. The van der Waals surface area contributed by atoms with Gasteiger partial charge in [0.1, 0.15) is 0 Å². The third-order valence-electron chi connectivity index (χ3n) is 2.78. The standard InChI is InChI=1S/C15H32O3/c1-6-7-9-17-12-14(16)18-10-8-13(2)11-15(3,4)5/h13-14,16H,6-12H2,1-5H3. The van der Waals surface area contributed by atoms with Crippen molar-refractivity contribution in [1.29, 1.82) is 0 Å². The second-order valence-corrected chi connectivity index (χ2v) is 6.41. The molecule has 0 rings (SSSR count). The third-order valence-corrected chi connectivity index (χ3v) is 2.78. The molecule has 0 aromatic heterocycles. The van der Waals surface area contributed by atoms with Crippen molar-refractivity contribution in [1.82, 2.24) is 0 Å². The number of hydrogen-bond acceptors (Lipinski definition) is 3. The Morgan fingerprint density at radius 1 is 1.17 bits per heavy atom. The summed E-state index contributed by atoms with van der Waals surface area (Å²) in [6, 6.07) is 0. The molecule has 0 fully saturated rings. The van der Waals surface area contributed by atoms with E-state index in [4.69, 9.17) is 9.47 Å². The van der Waals surface area contributed by atoms with Crippen LogP contribution in [0.25, 0.3) is 0 Å². The highest BCUT2D eigenvalue weighted by Crippen LogP contribution is 2.25. The van der Waals surface area contributed by atoms with E-state index in [-0.39, 0.29) is 6.61 Å². The fourth-order valence-corrected chi connectivity index (χ4v) is 2.03. The minimum Gasteiger partial charge on any atom is -0.376 e. The van der Waals surface area contributed by atoms with E-state index in [0.717, 1.165) is 19.3 Å². The van der Waals surface area contributed by atoms with Gasteiger partial charge in [-0.1, -0.05) is 41.0 Å². The summed E-state index contributed by atoms with van der Waals surface area (Å²) < 4.78 is 10.6. The molecule has 0 saturated heterocycles. The van der Waals surface area contributed by atoms with Gasteiger partial charge in [0.2, 0.25) is 0 Å². The van der Waals surface area contributed by atoms with Crippen LogP contribution in [0.4, 0.5) is 0 Å². The van der Waals surface area contributed by atoms with Crippen molar-refractivity contribution in [2.45, 2.75) is 66.6 Å². The summed E-state index contributed by atoms with van der Waals surface area (Å²) in [5.74, 6) is 0.623. The summed E-state index contributed by atoms with van der Waals surface area (Å²) in [7, 11) is 0. The van der Waals surface area contributed by atoms with E-state index in [0.29, 0.717) is 24.5 Å². The van der Waals surface area contributed by atoms with Gasteiger partial charge in [0.15, 0.2) is 6.29 Å². The van der Waals surface area contributed by atoms with E-state index in [9.17, 15) is 5.11 Å². The third kappa shape index (κ3) is 12.3. The first-order chi connectivity index (χ1) is 8.35. The first-order valence-electron chi connectivity index (χ1n) is 7.22. The van der Waals surface area contributed by atoms with Crippen molar-refractivity contribution in [3.63, 3.8) is 0 Å². The van der Waals surface area contributed by atoms with Crippen LogP contribution in [0.3, 0.4) is 0 Å². The molecule has 0 aliphatic carbocycles. The van der Waals surface area contributed by atoms with E-state index in [1.165, 1.54) is 6.42 Å². The lowest BCUT2D eigenvalue weighted by molar-refractivity contribution is -0.140. The maximum Gasteiger partial charge on any atom is 0.178 e. The van der Waals surface area contributed by atoms with Gasteiger partial charge < -0.3 is 14.6 Å². The highest BCUT2D eigenvalue weighted by molar-refractivity contribution is 4.66. The zero-order valence-electron chi connectivity index (χ0n) is 12.9. The van der Waals surface area contributed by atoms with Gasteiger partial charge in [-0.15, -0.1) is 0 Å². The van der Waals surface area contributed by atoms with Crippen molar-refractivity contribution in [2.24, 2.45) is 11.3 Å². The van der Waals surface area contributed by atoms with E-state index in [1.807, 2.05) is 0 Å². The van der Waals surface area contributed by atoms with Gasteiger partial charge >= 0.3 is 0 Å². The van der Waals surface area contributed by atoms with Crippen LogP contribution in [0.5, 0.6) is 0 Å². The van der Waals surface area contributed by atoms with E-state index in [2.05, 4.69) is 34.6 Å². The molecule has 2 atom stereocenters. The molecule has 2 unspecified atom stereocenters. The average Bonchev–Trinajstić information content (AvgIpc) is 2.22. The molecule has 0 spiro atoms. The molecule has 3 nitrogen and oxygen atoms in total. The largest absolute Gasteiger partial charge is 0.376 e. The smallest absolute Gasteiger partial charge is 0.178 e. The van der Waals surface area contributed by atoms with Crippen LogP contribution in [-0.2, 0) is 9.47 Å². The van der Waals surface area contributed by atoms with Gasteiger partial charge in [0.05, 0.1) is 13.2 Å². The second kappa shape index (κ2) is 9.76. The van der Waals surface area contributed by atoms with Gasteiger partial charge in [0, 0.05) is 6.61 Å². The lowest BCUT2D eigenvalue weighted by Gasteiger charge is -2.23. The quantitative estimate of drug-likeness (QED) is 0.482. The van der Waals surface area contributed by atoms with Crippen LogP contribution < -0.4 is 0 Å². The fraction of sp³-hybridized carbons (Fsp3) is 1.00. The number of aliphatic hydroxyl groups is 1. The predicted octanol–water partition coefficient (Wildman–Crippen LogP) is 3.60. The molecule has 0 aliphatic rings. The number of ether oxygens (including phenoxy) is 2. The Bertz CT molecular complexity index is 187. The van der Waals surface area contributed by atoms with Gasteiger partial charge in [-0.25, -0.2) is 0 Å². The van der Waals surface area contributed by atoms with Crippen LogP contribution in [-0.4, -0.2) is 31.2 Å². The van der Waals surface area contributed by atoms with E-state index in [1.54, 1.807) is 0 Å². The van der Waals surface area contributed by atoms with E-state index >= 15 is 0 Å². The molecule has 0 radical (unpaired) electrons. The van der Waals surface area contributed by atoms with Crippen molar-refractivity contribution < 1.29 is 14.6 Å². The average molecular weight is 260 g/mol. The molecular formula is C15H32O3. The lowest BCUT2D eigenvalue weighted by atomic mass is 9.84. The van der Waals surface area contributed by atoms with Crippen LogP contribution in [0.1, 0.15) is 60.3 Å². The molecule has 0 amide bonds. The van der Waals surface area contributed by atoms with Gasteiger partial charge in [-0.2, -0.15) is 0 Å². The Labute approximate surface area is 113 Å². The SMILES string of the molecule is CCCCOCC(O)OCCC(C)CC(C)(C)C. The van der Waals surface area contributed by atoms with Gasteiger partial charge in [0.25, 0.3) is 0 Å². The summed E-state index contributed by atoms with van der Waals surface area (Å²) in [5, 5.41) is 9.55. The Morgan fingerprint density at radius 2 is 1.83 bits per heavy atom. The van der Waals surface area contributed by atoms with Crippen molar-refractivity contribution in [3.8, 4) is 0 Å². The number of aliphatic hydroxyl groups excluding tert-OH is 1. The van der Waals surface area contributed by atoms with Crippen LogP contribution in [0.2, 0.25) is 0 Å². The van der Waals surface area contributed by atoms with E-state index < -0.39 is 6.29 Å². The first kappa shape index (κ1) is 17.9. The Balaban J connectivity index is 3.47. The van der Waals surface area contributed by atoms with Crippen molar-refractivity contribution >= 4 is 0 Å². The molecule has 0 aromatic rings. The molecule has 3 heteroatoms. The Morgan fingerprint density at radius 3 is 2.39 bits per heavy atom. The summed E-state index contributed by atoms with van der Waals surface area (Å²) in [5.41, 5.74) is 0.362. The molecule has 18 heavy (non-hydrogen) atoms. The highest BCUT2D eigenvalue weighted by atomic mass is 16.6. The summed E-state index contributed by atoms with van der Waals surface area (Å²) >= 11 is 0. The van der Waals surface area contributed by atoms with Crippen molar-refractivity contribution in [2.75, 3.05) is 19.8 Å². The van der Waals surface area contributed by atoms with Crippen LogP contribution in [0.15, 0.2) is 0 Å². The van der Waals surface area contributed by atoms with Crippen LogP contribution >= 0.6 is 0 Å². The maximum absolute atomic E-state index is 9.55. The predicted molar refractivity (Wildman–Crippen MR) is 75.5 cm³/mol. The Hall–Kier alpha value is -0.120. The molecular weight excluding hydrogens is 228 g/mol. The molecule has 1 N–H and O–H groups in total. The highest BCUT2D eigenvalue weighted by Gasteiger charge is 2.15. The first-order valence-corrected chi connectivity index (χ1v) is 7.22. The number of hydrogen-bond donors (Lipinski definition) is 1. The zero-order valence-corrected chi connectivity index (χ0v) is 12.9. The zero-order chi connectivity index (χ0) is 14.0. The summed E-state index contributed by atoms with van der Waals surface area (Å²) in [4.78, 5) is 0. The van der Waals surface area contributed by atoms with Gasteiger partial charge in [-0.3, -0.25) is 0 Å². The van der Waals surface area contributed by atoms with Gasteiger partial charge in [-0.05, 0) is 30.6 Å². The minimum atomic E-state index is -0.774. The Kier molecular flexibility index (Phi) is 9.70. The van der Waals surface area contributed by atoms with Crippen molar-refractivity contribution in [3.05, 3.63) is 0 Å². The monoisotopic (exact) mass is 260 g/mol. The number of rotatable bonds is 10. The molecule has 110 valence electrons. The molecule has 0 aromatic carbocycles. The number of unbranched alkanes of at least 4 members (excludes halogenated alkanes) is 1. The molecule has 0 heterocycles. The fourth-order valence-electron chi connectivity index (χ4n) is 2.03. The summed E-state index contributed by atoms with van der Waals surface area (Å²) in [6.45, 7) is 12.7. The minimum absolute atomic E-state index is 0.285. The second-order valence-electron chi connectivity index (χ2n) is 6.41. The summed E-state index contributed by atoms with van der Waals surface area (Å²) in [6.07, 6.45) is 3.54. The maximum atomic E-state index is 9.55. The molecule has 0 saturated carbocycles. The van der Waals surface area contributed by atoms with Crippen LogP contribution in [0, 0.1) is 11.3 Å². The molecule has 0 aliphatic heterocycles.